The highest BCUT2D eigenvalue weighted by atomic mass is 32.2. The lowest BCUT2D eigenvalue weighted by molar-refractivity contribution is 0.531. The third-order valence-electron chi connectivity index (χ3n) is 2.82. The molecule has 2 rings (SSSR count). The van der Waals surface area contributed by atoms with E-state index in [2.05, 4.69) is 10.2 Å². The molecule has 0 saturated heterocycles. The fourth-order valence-electron chi connectivity index (χ4n) is 1.60. The molecule has 0 bridgehead atoms. The molecule has 0 N–H and O–H groups in total. The maximum absolute atomic E-state index is 12.4. The molecule has 0 radical (unpaired) electrons. The van der Waals surface area contributed by atoms with Crippen LogP contribution in [0.3, 0.4) is 0 Å². The Labute approximate surface area is 112 Å². The van der Waals surface area contributed by atoms with Gasteiger partial charge < -0.3 is 0 Å². The average Bonchev–Trinajstić information content (AvgIpc) is 2.96. The van der Waals surface area contributed by atoms with Crippen LogP contribution in [0.2, 0.25) is 0 Å². The number of rotatable bonds is 4. The van der Waals surface area contributed by atoms with E-state index in [4.69, 9.17) is 0 Å². The van der Waals surface area contributed by atoms with E-state index >= 15 is 0 Å². The summed E-state index contributed by atoms with van der Waals surface area (Å²) < 4.78 is 29.2. The number of hydrogen-bond acceptors (Lipinski definition) is 4. The number of sulfonamides is 1. The fraction of sp³-hybridized carbons (Fsp3) is 0.455. The van der Waals surface area contributed by atoms with Gasteiger partial charge in [0, 0.05) is 32.5 Å². The molecule has 0 unspecified atom stereocenters. The van der Waals surface area contributed by atoms with Crippen molar-refractivity contribution in [2.75, 3.05) is 11.4 Å². The Morgan fingerprint density at radius 2 is 1.89 bits per heavy atom. The maximum atomic E-state index is 12.4. The third kappa shape index (κ3) is 2.48. The summed E-state index contributed by atoms with van der Waals surface area (Å²) in [5.74, 6) is 0. The lowest BCUT2D eigenvalue weighted by Crippen LogP contribution is -2.25. The van der Waals surface area contributed by atoms with Crippen LogP contribution < -0.4 is 4.31 Å². The van der Waals surface area contributed by atoms with Crippen molar-refractivity contribution < 1.29 is 8.42 Å². The lowest BCUT2D eigenvalue weighted by Gasteiger charge is -2.15. The Balaban J connectivity index is 2.36. The minimum Gasteiger partial charge on any atom is -0.274 e. The Bertz CT molecular complexity index is 671. The molecule has 2 heterocycles. The van der Waals surface area contributed by atoms with Gasteiger partial charge in [-0.2, -0.15) is 10.2 Å². The van der Waals surface area contributed by atoms with Crippen molar-refractivity contribution in [2.45, 2.75) is 24.8 Å². The smallest absolute Gasteiger partial charge is 0.267 e. The normalized spacial score (nSPS) is 12.1. The predicted octanol–water partition coefficient (Wildman–Crippen LogP) is 1.02. The fourth-order valence-corrected chi connectivity index (χ4v) is 2.71. The van der Waals surface area contributed by atoms with Gasteiger partial charge in [0.25, 0.3) is 10.0 Å². The molecule has 7 nitrogen and oxygen atoms in total. The van der Waals surface area contributed by atoms with E-state index in [1.165, 1.54) is 29.9 Å². The molecule has 2 aromatic heterocycles. The van der Waals surface area contributed by atoms with Gasteiger partial charge in [0.05, 0.1) is 18.1 Å². The van der Waals surface area contributed by atoms with Crippen molar-refractivity contribution in [1.29, 1.82) is 0 Å². The second-order valence-corrected chi connectivity index (χ2v) is 6.56. The van der Waals surface area contributed by atoms with Gasteiger partial charge in [-0.15, -0.1) is 0 Å². The largest absolute Gasteiger partial charge is 0.274 e. The second kappa shape index (κ2) is 4.69. The van der Waals surface area contributed by atoms with Crippen LogP contribution in [0.15, 0.2) is 29.7 Å². The summed E-state index contributed by atoms with van der Waals surface area (Å²) in [6.45, 7) is 3.88. The van der Waals surface area contributed by atoms with Gasteiger partial charge in [-0.3, -0.25) is 13.7 Å². The number of aromatic nitrogens is 4. The van der Waals surface area contributed by atoms with Crippen LogP contribution in [0.25, 0.3) is 0 Å². The molecule has 0 aliphatic carbocycles. The molecule has 104 valence electrons. The second-order valence-electron chi connectivity index (χ2n) is 4.59. The monoisotopic (exact) mass is 283 g/mol. The third-order valence-corrected chi connectivity index (χ3v) is 4.56. The maximum Gasteiger partial charge on any atom is 0.267 e. The highest BCUT2D eigenvalue weighted by molar-refractivity contribution is 7.92. The zero-order chi connectivity index (χ0) is 14.2. The SMILES string of the molecule is CC(C)n1cc(S(=O)(=O)N(C)c2cnn(C)c2)cn1. The minimum atomic E-state index is -3.59. The predicted molar refractivity (Wildman–Crippen MR) is 71.4 cm³/mol. The Morgan fingerprint density at radius 1 is 1.21 bits per heavy atom. The Kier molecular flexibility index (Phi) is 3.36. The topological polar surface area (TPSA) is 73.0 Å². The molecule has 0 aromatic carbocycles. The standard InChI is InChI=1S/C11H17N5O2S/c1-9(2)16-8-11(6-13-16)19(17,18)15(4)10-5-12-14(3)7-10/h5-9H,1-4H3. The van der Waals surface area contributed by atoms with Crippen molar-refractivity contribution >= 4 is 15.7 Å². The molecule has 2 aromatic rings. The Hall–Kier alpha value is -1.83. The average molecular weight is 283 g/mol. The van der Waals surface area contributed by atoms with Gasteiger partial charge in [-0.25, -0.2) is 8.42 Å². The molecule has 0 amide bonds. The number of hydrogen-bond donors (Lipinski definition) is 0. The van der Waals surface area contributed by atoms with Crippen LogP contribution >= 0.6 is 0 Å². The summed E-state index contributed by atoms with van der Waals surface area (Å²) in [5.41, 5.74) is 0.514. The van der Waals surface area contributed by atoms with Crippen molar-refractivity contribution in [3.63, 3.8) is 0 Å². The summed E-state index contributed by atoms with van der Waals surface area (Å²) in [6.07, 6.45) is 6.05. The number of aryl methyl sites for hydroxylation is 1. The number of anilines is 1. The molecular weight excluding hydrogens is 266 g/mol. The van der Waals surface area contributed by atoms with E-state index in [0.717, 1.165) is 0 Å². The zero-order valence-corrected chi connectivity index (χ0v) is 12.2. The van der Waals surface area contributed by atoms with Crippen molar-refractivity contribution in [2.24, 2.45) is 7.05 Å². The first-order valence-corrected chi connectivity index (χ1v) is 7.28. The van der Waals surface area contributed by atoms with Crippen LogP contribution in [-0.2, 0) is 17.1 Å². The summed E-state index contributed by atoms with van der Waals surface area (Å²) >= 11 is 0. The molecule has 0 spiro atoms. The van der Waals surface area contributed by atoms with Gasteiger partial charge in [0.1, 0.15) is 4.90 Å². The zero-order valence-electron chi connectivity index (χ0n) is 11.3. The first-order valence-electron chi connectivity index (χ1n) is 5.84. The quantitative estimate of drug-likeness (QED) is 0.840. The van der Waals surface area contributed by atoms with Gasteiger partial charge in [0.2, 0.25) is 0 Å². The van der Waals surface area contributed by atoms with Gasteiger partial charge in [-0.05, 0) is 13.8 Å². The lowest BCUT2D eigenvalue weighted by atomic mass is 10.4. The molecule has 19 heavy (non-hydrogen) atoms. The first-order chi connectivity index (χ1) is 8.82. The van der Waals surface area contributed by atoms with Crippen LogP contribution in [0, 0.1) is 0 Å². The summed E-state index contributed by atoms with van der Waals surface area (Å²) in [5, 5.41) is 8.02. The Morgan fingerprint density at radius 3 is 2.37 bits per heavy atom. The van der Waals surface area contributed by atoms with Crippen molar-refractivity contribution in [3.8, 4) is 0 Å². The van der Waals surface area contributed by atoms with E-state index in [1.807, 2.05) is 13.8 Å². The van der Waals surface area contributed by atoms with Crippen LogP contribution in [-0.4, -0.2) is 35.0 Å². The van der Waals surface area contributed by atoms with E-state index in [-0.39, 0.29) is 10.9 Å². The van der Waals surface area contributed by atoms with Gasteiger partial charge >= 0.3 is 0 Å². The highest BCUT2D eigenvalue weighted by Gasteiger charge is 2.24. The first kappa shape index (κ1) is 13.6. The molecule has 0 aliphatic heterocycles. The van der Waals surface area contributed by atoms with Gasteiger partial charge in [-0.1, -0.05) is 0 Å². The van der Waals surface area contributed by atoms with Crippen LogP contribution in [0.5, 0.6) is 0 Å². The van der Waals surface area contributed by atoms with E-state index in [0.29, 0.717) is 5.69 Å². The molecule has 0 fully saturated rings. The summed E-state index contributed by atoms with van der Waals surface area (Å²) in [6, 6.07) is 0.118. The van der Waals surface area contributed by atoms with Crippen molar-refractivity contribution in [3.05, 3.63) is 24.8 Å². The molecule has 8 heteroatoms. The van der Waals surface area contributed by atoms with Gasteiger partial charge in [0.15, 0.2) is 0 Å². The minimum absolute atomic E-state index is 0.118. The summed E-state index contributed by atoms with van der Waals surface area (Å²) in [7, 11) is -0.359. The van der Waals surface area contributed by atoms with E-state index in [9.17, 15) is 8.42 Å². The molecule has 0 saturated carbocycles. The van der Waals surface area contributed by atoms with Crippen molar-refractivity contribution in [1.82, 2.24) is 19.6 Å². The highest BCUT2D eigenvalue weighted by Crippen LogP contribution is 2.21. The molecule has 0 atom stereocenters. The van der Waals surface area contributed by atoms with Crippen LogP contribution in [0.4, 0.5) is 5.69 Å². The van der Waals surface area contributed by atoms with Crippen LogP contribution in [0.1, 0.15) is 19.9 Å². The van der Waals surface area contributed by atoms with E-state index in [1.54, 1.807) is 22.6 Å². The number of nitrogens with zero attached hydrogens (tertiary/aromatic N) is 5. The summed E-state index contributed by atoms with van der Waals surface area (Å²) in [4.78, 5) is 0.174. The molecular formula is C11H17N5O2S. The molecule has 0 aliphatic rings. The van der Waals surface area contributed by atoms with E-state index < -0.39 is 10.0 Å².